The average Bonchev–Trinajstić information content (AvgIpc) is 2.75. The van der Waals surface area contributed by atoms with Crippen molar-refractivity contribution < 1.29 is 9.13 Å². The largest absolute Gasteiger partial charge is 0.494 e. The Hall–Kier alpha value is -1.09. The van der Waals surface area contributed by atoms with E-state index in [0.29, 0.717) is 23.9 Å². The highest BCUT2D eigenvalue weighted by molar-refractivity contribution is 5.30. The van der Waals surface area contributed by atoms with Crippen molar-refractivity contribution in [3.05, 3.63) is 29.6 Å². The van der Waals surface area contributed by atoms with Crippen LogP contribution in [0.3, 0.4) is 0 Å². The molecule has 20 heavy (non-hydrogen) atoms. The summed E-state index contributed by atoms with van der Waals surface area (Å²) < 4.78 is 19.1. The average molecular weight is 279 g/mol. The maximum absolute atomic E-state index is 14.1. The lowest BCUT2D eigenvalue weighted by Gasteiger charge is -2.24. The molecule has 0 amide bonds. The molecule has 0 bridgehead atoms. The Labute approximate surface area is 121 Å². The molecule has 1 saturated carbocycles. The molecule has 1 aliphatic rings. The maximum Gasteiger partial charge on any atom is 0.169 e. The predicted molar refractivity (Wildman–Crippen MR) is 80.4 cm³/mol. The summed E-state index contributed by atoms with van der Waals surface area (Å²) in [5, 5.41) is 3.49. The van der Waals surface area contributed by atoms with Crippen LogP contribution in [0, 0.1) is 11.7 Å². The normalized spacial score (nSPS) is 18.6. The first-order valence-electron chi connectivity index (χ1n) is 7.77. The summed E-state index contributed by atoms with van der Waals surface area (Å²) in [5.41, 5.74) is 0.685. The first-order chi connectivity index (χ1) is 9.72. The Morgan fingerprint density at radius 2 is 1.95 bits per heavy atom. The SMILES string of the molecule is COc1cccc(CN[C@@H](C)C2CCCCCC2)c1F. The summed E-state index contributed by atoms with van der Waals surface area (Å²) in [6.07, 6.45) is 8.01. The number of benzene rings is 1. The van der Waals surface area contributed by atoms with E-state index in [0.717, 1.165) is 5.92 Å². The molecule has 0 heterocycles. The van der Waals surface area contributed by atoms with Gasteiger partial charge in [0, 0.05) is 18.2 Å². The van der Waals surface area contributed by atoms with Crippen LogP contribution in [0.2, 0.25) is 0 Å². The van der Waals surface area contributed by atoms with Gasteiger partial charge >= 0.3 is 0 Å². The van der Waals surface area contributed by atoms with E-state index in [4.69, 9.17) is 4.74 Å². The summed E-state index contributed by atoms with van der Waals surface area (Å²) in [5.74, 6) is 0.813. The highest BCUT2D eigenvalue weighted by atomic mass is 19.1. The molecule has 0 aliphatic heterocycles. The first-order valence-corrected chi connectivity index (χ1v) is 7.77. The van der Waals surface area contributed by atoms with Crippen molar-refractivity contribution >= 4 is 0 Å². The lowest BCUT2D eigenvalue weighted by Crippen LogP contribution is -2.33. The zero-order valence-corrected chi connectivity index (χ0v) is 12.6. The van der Waals surface area contributed by atoms with Gasteiger partial charge in [-0.05, 0) is 31.7 Å². The fraction of sp³-hybridized carbons (Fsp3) is 0.647. The fourth-order valence-corrected chi connectivity index (χ4v) is 3.10. The molecule has 0 aromatic heterocycles. The van der Waals surface area contributed by atoms with Gasteiger partial charge in [-0.1, -0.05) is 37.8 Å². The molecule has 112 valence electrons. The Morgan fingerprint density at radius 1 is 1.25 bits per heavy atom. The van der Waals surface area contributed by atoms with E-state index < -0.39 is 0 Å². The molecular formula is C17H26FNO. The third-order valence-corrected chi connectivity index (χ3v) is 4.48. The highest BCUT2D eigenvalue weighted by Gasteiger charge is 2.19. The number of methoxy groups -OCH3 is 1. The molecule has 0 saturated heterocycles. The lowest BCUT2D eigenvalue weighted by molar-refractivity contribution is 0.333. The Bertz CT molecular complexity index is 413. The van der Waals surface area contributed by atoms with Gasteiger partial charge in [0.25, 0.3) is 0 Å². The molecule has 2 nitrogen and oxygen atoms in total. The number of nitrogens with one attached hydrogen (secondary N) is 1. The quantitative estimate of drug-likeness (QED) is 0.812. The molecule has 0 unspecified atom stereocenters. The summed E-state index contributed by atoms with van der Waals surface area (Å²) >= 11 is 0. The van der Waals surface area contributed by atoms with Crippen LogP contribution < -0.4 is 10.1 Å². The Kier molecular flexibility index (Phi) is 5.84. The summed E-state index contributed by atoms with van der Waals surface area (Å²) in [6, 6.07) is 5.77. The molecule has 1 fully saturated rings. The molecular weight excluding hydrogens is 253 g/mol. The highest BCUT2D eigenvalue weighted by Crippen LogP contribution is 2.26. The molecule has 2 rings (SSSR count). The van der Waals surface area contributed by atoms with Crippen molar-refractivity contribution in [2.24, 2.45) is 5.92 Å². The van der Waals surface area contributed by atoms with Gasteiger partial charge in [0.1, 0.15) is 0 Å². The van der Waals surface area contributed by atoms with Gasteiger partial charge in [-0.2, -0.15) is 0 Å². The van der Waals surface area contributed by atoms with Gasteiger partial charge in [0.2, 0.25) is 0 Å². The van der Waals surface area contributed by atoms with Crippen LogP contribution in [-0.2, 0) is 6.54 Å². The van der Waals surface area contributed by atoms with Crippen molar-refractivity contribution in [3.63, 3.8) is 0 Å². The molecule has 1 atom stereocenters. The minimum absolute atomic E-state index is 0.240. The van der Waals surface area contributed by atoms with Crippen LogP contribution in [-0.4, -0.2) is 13.2 Å². The molecule has 1 N–H and O–H groups in total. The molecule has 1 aromatic rings. The van der Waals surface area contributed by atoms with Crippen LogP contribution in [0.15, 0.2) is 18.2 Å². The molecule has 1 aliphatic carbocycles. The first kappa shape index (κ1) is 15.3. The van der Waals surface area contributed by atoms with Crippen molar-refractivity contribution in [1.82, 2.24) is 5.32 Å². The van der Waals surface area contributed by atoms with Crippen LogP contribution in [0.4, 0.5) is 4.39 Å². The van der Waals surface area contributed by atoms with Gasteiger partial charge < -0.3 is 10.1 Å². The van der Waals surface area contributed by atoms with Crippen molar-refractivity contribution in [2.75, 3.05) is 7.11 Å². The summed E-state index contributed by atoms with van der Waals surface area (Å²) in [7, 11) is 1.50. The third kappa shape index (κ3) is 3.95. The minimum atomic E-state index is -0.240. The van der Waals surface area contributed by atoms with E-state index in [-0.39, 0.29) is 5.82 Å². The monoisotopic (exact) mass is 279 g/mol. The molecule has 1 aromatic carbocycles. The second-order valence-electron chi connectivity index (χ2n) is 5.85. The topological polar surface area (TPSA) is 21.3 Å². The second-order valence-corrected chi connectivity index (χ2v) is 5.85. The van der Waals surface area contributed by atoms with Gasteiger partial charge in [-0.25, -0.2) is 4.39 Å². The Balaban J connectivity index is 1.90. The van der Waals surface area contributed by atoms with E-state index >= 15 is 0 Å². The van der Waals surface area contributed by atoms with Gasteiger partial charge in [0.05, 0.1) is 7.11 Å². The van der Waals surface area contributed by atoms with Crippen LogP contribution in [0.25, 0.3) is 0 Å². The third-order valence-electron chi connectivity index (χ3n) is 4.48. The predicted octanol–water partition coefficient (Wildman–Crippen LogP) is 4.28. The van der Waals surface area contributed by atoms with Gasteiger partial charge in [-0.15, -0.1) is 0 Å². The van der Waals surface area contributed by atoms with E-state index in [1.54, 1.807) is 6.07 Å². The Morgan fingerprint density at radius 3 is 2.60 bits per heavy atom. The zero-order valence-electron chi connectivity index (χ0n) is 12.6. The number of halogens is 1. The van der Waals surface area contributed by atoms with E-state index in [1.165, 1.54) is 45.6 Å². The van der Waals surface area contributed by atoms with Gasteiger partial charge in [-0.3, -0.25) is 0 Å². The number of hydrogen-bond donors (Lipinski definition) is 1. The summed E-state index contributed by atoms with van der Waals surface area (Å²) in [4.78, 5) is 0. The molecule has 0 radical (unpaired) electrons. The van der Waals surface area contributed by atoms with Crippen molar-refractivity contribution in [2.45, 2.75) is 58.0 Å². The zero-order chi connectivity index (χ0) is 14.4. The van der Waals surface area contributed by atoms with Crippen molar-refractivity contribution in [3.8, 4) is 5.75 Å². The van der Waals surface area contributed by atoms with E-state index in [9.17, 15) is 4.39 Å². The van der Waals surface area contributed by atoms with Crippen LogP contribution in [0.5, 0.6) is 5.75 Å². The van der Waals surface area contributed by atoms with Crippen LogP contribution >= 0.6 is 0 Å². The summed E-state index contributed by atoms with van der Waals surface area (Å²) in [6.45, 7) is 2.80. The van der Waals surface area contributed by atoms with Gasteiger partial charge in [0.15, 0.2) is 11.6 Å². The van der Waals surface area contributed by atoms with Crippen molar-refractivity contribution in [1.29, 1.82) is 0 Å². The maximum atomic E-state index is 14.1. The minimum Gasteiger partial charge on any atom is -0.494 e. The smallest absolute Gasteiger partial charge is 0.169 e. The number of ether oxygens (including phenoxy) is 1. The number of rotatable bonds is 5. The number of hydrogen-bond acceptors (Lipinski definition) is 2. The standard InChI is InChI=1S/C17H26FNO/c1-13(14-8-5-3-4-6-9-14)19-12-15-10-7-11-16(20-2)17(15)18/h7,10-11,13-14,19H,3-6,8-9,12H2,1-2H3/t13-/m0/s1. The molecule has 0 spiro atoms. The van der Waals surface area contributed by atoms with Crippen LogP contribution in [0.1, 0.15) is 51.0 Å². The molecule has 3 heteroatoms. The second kappa shape index (κ2) is 7.63. The fourth-order valence-electron chi connectivity index (χ4n) is 3.10. The lowest BCUT2D eigenvalue weighted by atomic mass is 9.93. The van der Waals surface area contributed by atoms with E-state index in [2.05, 4.69) is 12.2 Å². The van der Waals surface area contributed by atoms with E-state index in [1.807, 2.05) is 12.1 Å².